The molecule has 1 aliphatic rings. The van der Waals surface area contributed by atoms with Gasteiger partial charge < -0.3 is 11.1 Å². The molecule has 2 rings (SSSR count). The molecule has 18 heavy (non-hydrogen) atoms. The van der Waals surface area contributed by atoms with E-state index in [1.165, 1.54) is 32.1 Å². The molecule has 0 saturated heterocycles. The third kappa shape index (κ3) is 3.45. The Morgan fingerprint density at radius 3 is 2.44 bits per heavy atom. The number of benzene rings is 1. The SMILES string of the molecule is CC(F)(CNC1CCCCC1)c1ccc(N)cc1. The van der Waals surface area contributed by atoms with Crippen LogP contribution in [0.1, 0.15) is 44.6 Å². The van der Waals surface area contributed by atoms with Crippen molar-refractivity contribution in [1.82, 2.24) is 5.32 Å². The lowest BCUT2D eigenvalue weighted by Crippen LogP contribution is -2.39. The van der Waals surface area contributed by atoms with Crippen molar-refractivity contribution in [3.05, 3.63) is 29.8 Å². The van der Waals surface area contributed by atoms with Crippen molar-refractivity contribution in [3.63, 3.8) is 0 Å². The zero-order chi connectivity index (χ0) is 13.0. The van der Waals surface area contributed by atoms with Crippen molar-refractivity contribution in [1.29, 1.82) is 0 Å². The Morgan fingerprint density at radius 1 is 1.22 bits per heavy atom. The van der Waals surface area contributed by atoms with Gasteiger partial charge in [-0.3, -0.25) is 0 Å². The van der Waals surface area contributed by atoms with Gasteiger partial charge in [0.05, 0.1) is 0 Å². The molecule has 0 heterocycles. The number of alkyl halides is 1. The number of nitrogen functional groups attached to an aromatic ring is 1. The van der Waals surface area contributed by atoms with Gasteiger partial charge in [-0.1, -0.05) is 31.4 Å². The monoisotopic (exact) mass is 250 g/mol. The van der Waals surface area contributed by atoms with Gasteiger partial charge in [-0.25, -0.2) is 4.39 Å². The molecule has 0 spiro atoms. The Bertz CT molecular complexity index is 367. The minimum Gasteiger partial charge on any atom is -0.399 e. The summed E-state index contributed by atoms with van der Waals surface area (Å²) in [5.41, 5.74) is 5.66. The van der Waals surface area contributed by atoms with Gasteiger partial charge in [0.15, 0.2) is 0 Å². The number of nitrogens with one attached hydrogen (secondary N) is 1. The molecule has 100 valence electrons. The smallest absolute Gasteiger partial charge is 0.145 e. The molecule has 1 aromatic rings. The first kappa shape index (κ1) is 13.3. The fourth-order valence-corrected chi connectivity index (χ4v) is 2.58. The van der Waals surface area contributed by atoms with E-state index in [2.05, 4.69) is 5.32 Å². The van der Waals surface area contributed by atoms with Crippen LogP contribution in [0.2, 0.25) is 0 Å². The maximum atomic E-state index is 14.6. The maximum absolute atomic E-state index is 14.6. The highest BCUT2D eigenvalue weighted by Gasteiger charge is 2.27. The fourth-order valence-electron chi connectivity index (χ4n) is 2.58. The fraction of sp³-hybridized carbons (Fsp3) is 0.600. The standard InChI is InChI=1S/C15H23FN2/c1-15(16,12-7-9-13(17)10-8-12)11-18-14-5-3-2-4-6-14/h7-10,14,18H,2-6,11,17H2,1H3. The molecular formula is C15H23FN2. The Hall–Kier alpha value is -1.09. The summed E-state index contributed by atoms with van der Waals surface area (Å²) in [7, 11) is 0. The number of hydrogen-bond donors (Lipinski definition) is 2. The number of halogens is 1. The quantitative estimate of drug-likeness (QED) is 0.804. The first-order valence-electron chi connectivity index (χ1n) is 6.86. The summed E-state index contributed by atoms with van der Waals surface area (Å²) >= 11 is 0. The van der Waals surface area contributed by atoms with Gasteiger partial charge >= 0.3 is 0 Å². The molecule has 3 N–H and O–H groups in total. The van der Waals surface area contributed by atoms with E-state index in [4.69, 9.17) is 5.73 Å². The van der Waals surface area contributed by atoms with Crippen molar-refractivity contribution in [3.8, 4) is 0 Å². The molecule has 1 unspecified atom stereocenters. The van der Waals surface area contributed by atoms with Crippen LogP contribution in [0.5, 0.6) is 0 Å². The van der Waals surface area contributed by atoms with E-state index in [1.54, 1.807) is 31.2 Å². The van der Waals surface area contributed by atoms with Crippen LogP contribution in [0.15, 0.2) is 24.3 Å². The van der Waals surface area contributed by atoms with E-state index >= 15 is 0 Å². The molecule has 1 saturated carbocycles. The van der Waals surface area contributed by atoms with Crippen molar-refractivity contribution < 1.29 is 4.39 Å². The van der Waals surface area contributed by atoms with E-state index in [-0.39, 0.29) is 0 Å². The molecule has 2 nitrogen and oxygen atoms in total. The van der Waals surface area contributed by atoms with Gasteiger partial charge in [0.25, 0.3) is 0 Å². The van der Waals surface area contributed by atoms with Gasteiger partial charge in [-0.05, 0) is 37.5 Å². The van der Waals surface area contributed by atoms with Crippen LogP contribution in [-0.2, 0) is 5.67 Å². The lowest BCUT2D eigenvalue weighted by Gasteiger charge is -2.28. The summed E-state index contributed by atoms with van der Waals surface area (Å²) in [4.78, 5) is 0. The van der Waals surface area contributed by atoms with E-state index in [1.807, 2.05) is 0 Å². The minimum atomic E-state index is -1.33. The van der Waals surface area contributed by atoms with Crippen LogP contribution in [0.25, 0.3) is 0 Å². The molecule has 0 aliphatic heterocycles. The molecule has 1 aliphatic carbocycles. The zero-order valence-electron chi connectivity index (χ0n) is 11.1. The predicted octanol–water partition coefficient (Wildman–Crippen LogP) is 3.38. The summed E-state index contributed by atoms with van der Waals surface area (Å²) in [6.45, 7) is 2.01. The summed E-state index contributed by atoms with van der Waals surface area (Å²) in [5.74, 6) is 0. The van der Waals surface area contributed by atoms with Crippen LogP contribution in [0, 0.1) is 0 Å². The van der Waals surface area contributed by atoms with Crippen LogP contribution in [0.3, 0.4) is 0 Å². The highest BCUT2D eigenvalue weighted by Crippen LogP contribution is 2.26. The topological polar surface area (TPSA) is 38.0 Å². The maximum Gasteiger partial charge on any atom is 0.145 e. The molecule has 1 atom stereocenters. The van der Waals surface area contributed by atoms with Crippen molar-refractivity contribution in [2.45, 2.75) is 50.7 Å². The predicted molar refractivity (Wildman–Crippen MR) is 74.2 cm³/mol. The molecule has 3 heteroatoms. The number of rotatable bonds is 4. The Balaban J connectivity index is 1.91. The second-order valence-electron chi connectivity index (χ2n) is 5.54. The Kier molecular flexibility index (Phi) is 4.23. The van der Waals surface area contributed by atoms with Crippen molar-refractivity contribution in [2.24, 2.45) is 0 Å². The molecule has 0 aromatic heterocycles. The van der Waals surface area contributed by atoms with Crippen LogP contribution in [-0.4, -0.2) is 12.6 Å². The van der Waals surface area contributed by atoms with Gasteiger partial charge in [0.2, 0.25) is 0 Å². The minimum absolute atomic E-state index is 0.377. The first-order valence-corrected chi connectivity index (χ1v) is 6.86. The second-order valence-corrected chi connectivity index (χ2v) is 5.54. The third-order valence-electron chi connectivity index (χ3n) is 3.84. The van der Waals surface area contributed by atoms with Crippen molar-refractivity contribution >= 4 is 5.69 Å². The number of nitrogens with two attached hydrogens (primary N) is 1. The van der Waals surface area contributed by atoms with Crippen LogP contribution < -0.4 is 11.1 Å². The summed E-state index contributed by atoms with van der Waals surface area (Å²) in [5, 5.41) is 3.37. The highest BCUT2D eigenvalue weighted by molar-refractivity contribution is 5.40. The van der Waals surface area contributed by atoms with Crippen LogP contribution >= 0.6 is 0 Å². The molecule has 0 amide bonds. The van der Waals surface area contributed by atoms with Gasteiger partial charge in [-0.15, -0.1) is 0 Å². The second kappa shape index (κ2) is 5.70. The van der Waals surface area contributed by atoms with E-state index in [9.17, 15) is 4.39 Å². The third-order valence-corrected chi connectivity index (χ3v) is 3.84. The lowest BCUT2D eigenvalue weighted by atomic mass is 9.93. The average molecular weight is 250 g/mol. The largest absolute Gasteiger partial charge is 0.399 e. The highest BCUT2D eigenvalue weighted by atomic mass is 19.1. The Labute approximate surface area is 109 Å². The van der Waals surface area contributed by atoms with E-state index < -0.39 is 5.67 Å². The lowest BCUT2D eigenvalue weighted by molar-refractivity contribution is 0.173. The zero-order valence-corrected chi connectivity index (χ0v) is 11.1. The normalized spacial score (nSPS) is 20.6. The van der Waals surface area contributed by atoms with Gasteiger partial charge in [-0.2, -0.15) is 0 Å². The number of anilines is 1. The van der Waals surface area contributed by atoms with E-state index in [0.717, 1.165) is 0 Å². The molecule has 0 bridgehead atoms. The summed E-state index contributed by atoms with van der Waals surface area (Å²) in [6, 6.07) is 7.56. The first-order chi connectivity index (χ1) is 8.58. The summed E-state index contributed by atoms with van der Waals surface area (Å²) in [6.07, 6.45) is 6.21. The number of hydrogen-bond acceptors (Lipinski definition) is 2. The molecule has 0 radical (unpaired) electrons. The summed E-state index contributed by atoms with van der Waals surface area (Å²) < 4.78 is 14.6. The van der Waals surface area contributed by atoms with E-state index in [0.29, 0.717) is 23.8 Å². The average Bonchev–Trinajstić information content (AvgIpc) is 2.38. The molecular weight excluding hydrogens is 227 g/mol. The van der Waals surface area contributed by atoms with Gasteiger partial charge in [0.1, 0.15) is 5.67 Å². The van der Waals surface area contributed by atoms with Crippen molar-refractivity contribution in [2.75, 3.05) is 12.3 Å². The van der Waals surface area contributed by atoms with Crippen LogP contribution in [0.4, 0.5) is 10.1 Å². The molecule has 1 fully saturated rings. The Morgan fingerprint density at radius 2 is 1.83 bits per heavy atom. The molecule has 1 aromatic carbocycles. The van der Waals surface area contributed by atoms with Gasteiger partial charge in [0, 0.05) is 18.3 Å².